The Morgan fingerprint density at radius 3 is 2.28 bits per heavy atom. The van der Waals surface area contributed by atoms with Gasteiger partial charge < -0.3 is 24.8 Å². The van der Waals surface area contributed by atoms with Crippen molar-refractivity contribution < 1.29 is 14.6 Å². The van der Waals surface area contributed by atoms with Crippen LogP contribution in [-0.4, -0.2) is 51.7 Å². The molecule has 2 heterocycles. The van der Waals surface area contributed by atoms with Crippen LogP contribution in [0.1, 0.15) is 66.4 Å². The minimum atomic E-state index is -0.473. The maximum absolute atomic E-state index is 9.42. The van der Waals surface area contributed by atoms with E-state index in [2.05, 4.69) is 81.4 Å². The third-order valence-electron chi connectivity index (χ3n) is 8.26. The van der Waals surface area contributed by atoms with E-state index < -0.39 is 5.60 Å². The summed E-state index contributed by atoms with van der Waals surface area (Å²) < 4.78 is 12.6. The molecule has 4 aromatic rings. The van der Waals surface area contributed by atoms with Crippen LogP contribution in [0.5, 0.6) is 11.5 Å². The summed E-state index contributed by atoms with van der Waals surface area (Å²) in [5.41, 5.74) is 2.36. The molecule has 0 aliphatic carbocycles. The van der Waals surface area contributed by atoms with E-state index >= 15 is 0 Å². The van der Waals surface area contributed by atoms with Gasteiger partial charge in [-0.05, 0) is 107 Å². The minimum absolute atomic E-state index is 0.0453. The number of aliphatic hydroxyl groups is 1. The van der Waals surface area contributed by atoms with Crippen molar-refractivity contribution in [1.29, 1.82) is 0 Å². The fraction of sp³-hybridized carbons (Fsp3) is 0.444. The van der Waals surface area contributed by atoms with Crippen molar-refractivity contribution in [2.45, 2.75) is 90.1 Å². The largest absolute Gasteiger partial charge is 0.488 e. The maximum Gasteiger partial charge on any atom is 0.151 e. The SMILES string of the molecule is CN(c1ccc(-c2cc3ccc(OC(C)(C)CCO)cc3cc2OCc2ccccc2)nn1)C1CC(C)(C)NC(C)(C)C1. The Bertz CT molecular complexity index is 1520. The first-order valence-electron chi connectivity index (χ1n) is 15.2. The molecule has 1 aliphatic rings. The minimum Gasteiger partial charge on any atom is -0.488 e. The molecule has 228 valence electrons. The van der Waals surface area contributed by atoms with Crippen LogP contribution in [0.3, 0.4) is 0 Å². The summed E-state index contributed by atoms with van der Waals surface area (Å²) in [6, 6.07) is 24.8. The van der Waals surface area contributed by atoms with Crippen LogP contribution in [-0.2, 0) is 6.61 Å². The van der Waals surface area contributed by atoms with E-state index in [1.807, 2.05) is 50.2 Å². The van der Waals surface area contributed by atoms with Gasteiger partial charge in [-0.15, -0.1) is 10.2 Å². The number of piperidine rings is 1. The number of aromatic nitrogens is 2. The number of ether oxygens (including phenoxy) is 2. The lowest BCUT2D eigenvalue weighted by molar-refractivity contribution is 0.0766. The average molecular weight is 583 g/mol. The molecule has 1 fully saturated rings. The molecule has 7 nitrogen and oxygen atoms in total. The molecule has 1 saturated heterocycles. The molecule has 43 heavy (non-hydrogen) atoms. The molecule has 1 aliphatic heterocycles. The van der Waals surface area contributed by atoms with E-state index in [1.54, 1.807) is 0 Å². The van der Waals surface area contributed by atoms with Gasteiger partial charge in [0.05, 0.1) is 5.69 Å². The zero-order valence-electron chi connectivity index (χ0n) is 26.6. The summed E-state index contributed by atoms with van der Waals surface area (Å²) in [6.07, 6.45) is 2.61. The number of nitrogens with one attached hydrogen (secondary N) is 1. The summed E-state index contributed by atoms with van der Waals surface area (Å²) in [5.74, 6) is 2.35. The Kier molecular flexibility index (Phi) is 8.68. The number of fused-ring (bicyclic) bond motifs is 1. The number of anilines is 1. The van der Waals surface area contributed by atoms with Crippen LogP contribution < -0.4 is 19.7 Å². The summed E-state index contributed by atoms with van der Waals surface area (Å²) in [4.78, 5) is 2.27. The highest BCUT2D eigenvalue weighted by Gasteiger charge is 2.39. The average Bonchev–Trinajstić information content (AvgIpc) is 2.94. The molecule has 0 amide bonds. The number of aliphatic hydroxyl groups excluding tert-OH is 1. The van der Waals surface area contributed by atoms with Crippen molar-refractivity contribution in [2.75, 3.05) is 18.6 Å². The van der Waals surface area contributed by atoms with Gasteiger partial charge in [-0.2, -0.15) is 0 Å². The van der Waals surface area contributed by atoms with Crippen LogP contribution in [0.25, 0.3) is 22.0 Å². The third kappa shape index (κ3) is 7.64. The summed E-state index contributed by atoms with van der Waals surface area (Å²) >= 11 is 0. The first-order valence-corrected chi connectivity index (χ1v) is 15.2. The molecule has 0 spiro atoms. The first-order chi connectivity index (χ1) is 20.3. The van der Waals surface area contributed by atoms with Crippen molar-refractivity contribution in [1.82, 2.24) is 15.5 Å². The highest BCUT2D eigenvalue weighted by molar-refractivity contribution is 5.91. The number of benzene rings is 3. The van der Waals surface area contributed by atoms with Gasteiger partial charge in [-0.25, -0.2) is 0 Å². The van der Waals surface area contributed by atoms with Gasteiger partial charge in [-0.3, -0.25) is 0 Å². The molecule has 0 radical (unpaired) electrons. The van der Waals surface area contributed by atoms with Gasteiger partial charge in [0.2, 0.25) is 0 Å². The molecule has 0 atom stereocenters. The molecular weight excluding hydrogens is 536 g/mol. The lowest BCUT2D eigenvalue weighted by Gasteiger charge is -2.49. The van der Waals surface area contributed by atoms with Crippen LogP contribution in [0.4, 0.5) is 5.82 Å². The van der Waals surface area contributed by atoms with E-state index in [9.17, 15) is 5.11 Å². The Morgan fingerprint density at radius 2 is 1.63 bits per heavy atom. The van der Waals surface area contributed by atoms with Crippen molar-refractivity contribution in [2.24, 2.45) is 0 Å². The predicted octanol–water partition coefficient (Wildman–Crippen LogP) is 7.16. The van der Waals surface area contributed by atoms with Crippen molar-refractivity contribution in [3.05, 3.63) is 78.4 Å². The van der Waals surface area contributed by atoms with Gasteiger partial charge in [0.1, 0.15) is 23.7 Å². The van der Waals surface area contributed by atoms with Crippen LogP contribution in [0.15, 0.2) is 72.8 Å². The number of hydrogen-bond acceptors (Lipinski definition) is 7. The normalized spacial score (nSPS) is 16.7. The Balaban J connectivity index is 1.46. The molecule has 2 N–H and O–H groups in total. The van der Waals surface area contributed by atoms with E-state index in [1.165, 1.54) is 0 Å². The second-order valence-electron chi connectivity index (χ2n) is 13.8. The lowest BCUT2D eigenvalue weighted by atomic mass is 9.79. The lowest BCUT2D eigenvalue weighted by Crippen LogP contribution is -2.62. The molecule has 3 aromatic carbocycles. The number of rotatable bonds is 10. The fourth-order valence-corrected chi connectivity index (χ4v) is 6.40. The molecule has 0 unspecified atom stereocenters. The standard InChI is InChI=1S/C36H46N4O3/c1-34(2)22-28(23-35(3,4)39-34)40(7)33-16-15-31(37-38-33)30-20-26-13-14-29(43-36(5,6)17-18-41)19-27(26)21-32(30)42-24-25-11-9-8-10-12-25/h8-16,19-21,28,39,41H,17-18,22-24H2,1-7H3. The summed E-state index contributed by atoms with van der Waals surface area (Å²) in [7, 11) is 2.12. The monoisotopic (exact) mass is 582 g/mol. The van der Waals surface area contributed by atoms with Crippen LogP contribution in [0.2, 0.25) is 0 Å². The predicted molar refractivity (Wildman–Crippen MR) is 175 cm³/mol. The van der Waals surface area contributed by atoms with Gasteiger partial charge >= 0.3 is 0 Å². The highest BCUT2D eigenvalue weighted by Crippen LogP contribution is 2.37. The van der Waals surface area contributed by atoms with Gasteiger partial charge in [-0.1, -0.05) is 36.4 Å². The Labute approximate surface area is 256 Å². The van der Waals surface area contributed by atoms with Crippen molar-refractivity contribution in [3.63, 3.8) is 0 Å². The van der Waals surface area contributed by atoms with E-state index in [0.29, 0.717) is 19.1 Å². The summed E-state index contributed by atoms with van der Waals surface area (Å²) in [6.45, 7) is 13.6. The second-order valence-corrected chi connectivity index (χ2v) is 13.8. The van der Waals surface area contributed by atoms with Crippen LogP contribution in [0, 0.1) is 0 Å². The van der Waals surface area contributed by atoms with E-state index in [4.69, 9.17) is 19.7 Å². The molecule has 1 aromatic heterocycles. The fourth-order valence-electron chi connectivity index (χ4n) is 6.40. The zero-order chi connectivity index (χ0) is 30.8. The molecule has 0 bridgehead atoms. The number of hydrogen-bond donors (Lipinski definition) is 2. The van der Waals surface area contributed by atoms with Crippen molar-refractivity contribution >= 4 is 16.6 Å². The van der Waals surface area contributed by atoms with Crippen molar-refractivity contribution in [3.8, 4) is 22.8 Å². The Morgan fingerprint density at radius 1 is 0.907 bits per heavy atom. The number of nitrogens with zero attached hydrogens (tertiary/aromatic N) is 3. The van der Waals surface area contributed by atoms with E-state index in [0.717, 1.165) is 57.8 Å². The molecule has 0 saturated carbocycles. The molecule has 5 rings (SSSR count). The highest BCUT2D eigenvalue weighted by atomic mass is 16.5. The van der Waals surface area contributed by atoms with Gasteiger partial charge in [0, 0.05) is 42.8 Å². The van der Waals surface area contributed by atoms with Gasteiger partial charge in [0.15, 0.2) is 5.82 Å². The zero-order valence-corrected chi connectivity index (χ0v) is 26.6. The molecular formula is C36H46N4O3. The second kappa shape index (κ2) is 12.1. The smallest absolute Gasteiger partial charge is 0.151 e. The molecule has 7 heteroatoms. The van der Waals surface area contributed by atoms with Crippen LogP contribution >= 0.6 is 0 Å². The third-order valence-corrected chi connectivity index (χ3v) is 8.26. The van der Waals surface area contributed by atoms with E-state index in [-0.39, 0.29) is 17.7 Å². The van der Waals surface area contributed by atoms with Gasteiger partial charge in [0.25, 0.3) is 0 Å². The maximum atomic E-state index is 9.42. The quantitative estimate of drug-likeness (QED) is 0.205. The topological polar surface area (TPSA) is 79.7 Å². The summed E-state index contributed by atoms with van der Waals surface area (Å²) in [5, 5.41) is 24.7. The Hall–Kier alpha value is -3.68. The first kappa shape index (κ1) is 30.8.